The lowest BCUT2D eigenvalue weighted by atomic mass is 10.2. The van der Waals surface area contributed by atoms with E-state index in [1.165, 1.54) is 9.87 Å². The Labute approximate surface area is 157 Å². The Kier molecular flexibility index (Phi) is 4.70. The second kappa shape index (κ2) is 7.02. The summed E-state index contributed by atoms with van der Waals surface area (Å²) < 4.78 is 34.2. The third kappa shape index (κ3) is 3.35. The summed E-state index contributed by atoms with van der Waals surface area (Å²) in [5.74, 6) is 0. The molecule has 0 spiro atoms. The topological polar surface area (TPSA) is 97.4 Å². The van der Waals surface area contributed by atoms with Crippen LogP contribution in [0.4, 0.5) is 0 Å². The van der Waals surface area contributed by atoms with Crippen LogP contribution >= 0.6 is 0 Å². The number of aryl methyl sites for hydroxylation is 2. The van der Waals surface area contributed by atoms with Gasteiger partial charge >= 0.3 is 0 Å². The molecule has 0 saturated carbocycles. The van der Waals surface area contributed by atoms with Gasteiger partial charge in [-0.2, -0.15) is 9.40 Å². The zero-order valence-electron chi connectivity index (χ0n) is 15.4. The number of hydrogen-bond donors (Lipinski definition) is 0. The molecule has 0 unspecified atom stereocenters. The van der Waals surface area contributed by atoms with Gasteiger partial charge in [0.15, 0.2) is 5.52 Å². The quantitative estimate of drug-likeness (QED) is 0.647. The highest BCUT2D eigenvalue weighted by molar-refractivity contribution is 7.89. The number of piperazine rings is 1. The second-order valence-corrected chi connectivity index (χ2v) is 8.57. The van der Waals surface area contributed by atoms with Crippen molar-refractivity contribution in [2.24, 2.45) is 0 Å². The van der Waals surface area contributed by atoms with Crippen LogP contribution in [-0.2, 0) is 23.1 Å². The lowest BCUT2D eigenvalue weighted by molar-refractivity contribution is 0.181. The fourth-order valence-electron chi connectivity index (χ4n) is 3.37. The molecule has 3 heterocycles. The van der Waals surface area contributed by atoms with Gasteiger partial charge in [-0.3, -0.25) is 9.58 Å². The van der Waals surface area contributed by atoms with Gasteiger partial charge in [0.2, 0.25) is 10.0 Å². The lowest BCUT2D eigenvalue weighted by Crippen LogP contribution is -2.48. The van der Waals surface area contributed by atoms with E-state index in [0.717, 1.165) is 18.8 Å². The minimum Gasteiger partial charge on any atom is -0.296 e. The molecule has 0 bridgehead atoms. The summed E-state index contributed by atoms with van der Waals surface area (Å²) in [6.07, 6.45) is 2.07. The van der Waals surface area contributed by atoms with Crippen molar-refractivity contribution in [3.8, 4) is 0 Å². The molecule has 2 aromatic heterocycles. The Bertz CT molecular complexity index is 1050. The first kappa shape index (κ1) is 18.1. The zero-order chi connectivity index (χ0) is 19.0. The van der Waals surface area contributed by atoms with Gasteiger partial charge in [0.05, 0.1) is 5.69 Å². The average molecular weight is 390 g/mol. The zero-order valence-corrected chi connectivity index (χ0v) is 16.2. The first-order valence-electron chi connectivity index (χ1n) is 8.95. The van der Waals surface area contributed by atoms with Crippen LogP contribution in [0.2, 0.25) is 0 Å². The molecule has 4 rings (SSSR count). The maximum atomic E-state index is 13.0. The van der Waals surface area contributed by atoms with Crippen molar-refractivity contribution in [3.05, 3.63) is 35.7 Å². The molecule has 1 fully saturated rings. The summed E-state index contributed by atoms with van der Waals surface area (Å²) in [7, 11) is -3.64. The molecule has 27 heavy (non-hydrogen) atoms. The average Bonchev–Trinajstić information content (AvgIpc) is 3.28. The minimum absolute atomic E-state index is 0.148. The number of benzene rings is 1. The van der Waals surface area contributed by atoms with E-state index >= 15 is 0 Å². The molecule has 0 atom stereocenters. The van der Waals surface area contributed by atoms with Crippen LogP contribution in [0.1, 0.15) is 18.2 Å². The van der Waals surface area contributed by atoms with Crippen molar-refractivity contribution in [1.29, 1.82) is 0 Å². The highest BCUT2D eigenvalue weighted by atomic mass is 32.2. The van der Waals surface area contributed by atoms with Gasteiger partial charge in [-0.05, 0) is 36.3 Å². The molecule has 1 saturated heterocycles. The summed E-state index contributed by atoms with van der Waals surface area (Å²) in [6, 6.07) is 4.89. The summed E-state index contributed by atoms with van der Waals surface area (Å²) in [5.41, 5.74) is 2.93. The Hall–Kier alpha value is -2.30. The molecule has 0 N–H and O–H groups in total. The number of nitrogens with zero attached hydrogens (tertiary/aromatic N) is 6. The van der Waals surface area contributed by atoms with E-state index in [0.29, 0.717) is 31.7 Å². The van der Waals surface area contributed by atoms with Crippen LogP contribution < -0.4 is 0 Å². The highest BCUT2D eigenvalue weighted by Gasteiger charge is 2.31. The van der Waals surface area contributed by atoms with E-state index in [4.69, 9.17) is 4.63 Å². The molecule has 3 aromatic rings. The van der Waals surface area contributed by atoms with Gasteiger partial charge < -0.3 is 0 Å². The van der Waals surface area contributed by atoms with E-state index < -0.39 is 10.0 Å². The van der Waals surface area contributed by atoms with Crippen molar-refractivity contribution in [2.45, 2.75) is 31.8 Å². The predicted octanol–water partition coefficient (Wildman–Crippen LogP) is 1.25. The minimum atomic E-state index is -3.64. The molecule has 0 amide bonds. The van der Waals surface area contributed by atoms with Crippen LogP contribution in [0.25, 0.3) is 11.0 Å². The molecular weight excluding hydrogens is 368 g/mol. The first-order chi connectivity index (χ1) is 13.0. The third-order valence-corrected chi connectivity index (χ3v) is 6.89. The Morgan fingerprint density at radius 3 is 2.63 bits per heavy atom. The molecule has 9 nitrogen and oxygen atoms in total. The predicted molar refractivity (Wildman–Crippen MR) is 98.5 cm³/mol. The monoisotopic (exact) mass is 390 g/mol. The first-order valence-corrected chi connectivity index (χ1v) is 10.4. The fourth-order valence-corrected chi connectivity index (χ4v) is 4.93. The second-order valence-electron chi connectivity index (χ2n) is 6.66. The van der Waals surface area contributed by atoms with Gasteiger partial charge in [0, 0.05) is 51.0 Å². The van der Waals surface area contributed by atoms with Gasteiger partial charge in [0.1, 0.15) is 10.4 Å². The number of fused-ring (bicyclic) bond motifs is 1. The van der Waals surface area contributed by atoms with E-state index in [1.807, 2.05) is 11.6 Å². The molecule has 144 valence electrons. The maximum Gasteiger partial charge on any atom is 0.245 e. The van der Waals surface area contributed by atoms with Crippen molar-refractivity contribution in [3.63, 3.8) is 0 Å². The highest BCUT2D eigenvalue weighted by Crippen LogP contribution is 2.24. The maximum absolute atomic E-state index is 13.0. The van der Waals surface area contributed by atoms with Gasteiger partial charge in [-0.15, -0.1) is 0 Å². The molecule has 1 aliphatic rings. The van der Waals surface area contributed by atoms with E-state index in [1.54, 1.807) is 18.2 Å². The Morgan fingerprint density at radius 1 is 1.15 bits per heavy atom. The summed E-state index contributed by atoms with van der Waals surface area (Å²) in [6.45, 7) is 7.90. The summed E-state index contributed by atoms with van der Waals surface area (Å²) in [4.78, 5) is 2.41. The fraction of sp³-hybridized carbons (Fsp3) is 0.471. The van der Waals surface area contributed by atoms with Gasteiger partial charge in [0.25, 0.3) is 0 Å². The number of hydrogen-bond acceptors (Lipinski definition) is 7. The SMILES string of the molecule is CCn1cc(CN2CCN(S(=O)(=O)c3cccc4nonc34)CC2)c(C)n1. The van der Waals surface area contributed by atoms with Crippen molar-refractivity contribution < 1.29 is 13.0 Å². The summed E-state index contributed by atoms with van der Waals surface area (Å²) in [5, 5.41) is 12.0. The van der Waals surface area contributed by atoms with Crippen LogP contribution in [0.3, 0.4) is 0 Å². The van der Waals surface area contributed by atoms with Gasteiger partial charge in [-0.1, -0.05) is 6.07 Å². The third-order valence-electron chi connectivity index (χ3n) is 4.96. The van der Waals surface area contributed by atoms with E-state index in [-0.39, 0.29) is 10.4 Å². The van der Waals surface area contributed by atoms with Gasteiger partial charge in [-0.25, -0.2) is 13.0 Å². The van der Waals surface area contributed by atoms with E-state index in [9.17, 15) is 8.42 Å². The molecule has 0 radical (unpaired) electrons. The van der Waals surface area contributed by atoms with Crippen molar-refractivity contribution in [1.82, 2.24) is 29.3 Å². The van der Waals surface area contributed by atoms with Crippen molar-refractivity contribution in [2.75, 3.05) is 26.2 Å². The number of rotatable bonds is 5. The van der Waals surface area contributed by atoms with Crippen LogP contribution in [0.5, 0.6) is 0 Å². The van der Waals surface area contributed by atoms with E-state index in [2.05, 4.69) is 33.4 Å². The Balaban J connectivity index is 1.47. The lowest BCUT2D eigenvalue weighted by Gasteiger charge is -2.33. The molecular formula is C17H22N6O3S. The van der Waals surface area contributed by atoms with Crippen LogP contribution in [0.15, 0.2) is 33.9 Å². The number of aromatic nitrogens is 4. The molecule has 1 aromatic carbocycles. The summed E-state index contributed by atoms with van der Waals surface area (Å²) >= 11 is 0. The van der Waals surface area contributed by atoms with Crippen LogP contribution in [0, 0.1) is 6.92 Å². The number of sulfonamides is 1. The normalized spacial score (nSPS) is 17.0. The smallest absolute Gasteiger partial charge is 0.245 e. The van der Waals surface area contributed by atoms with Crippen LogP contribution in [-0.4, -0.2) is 63.9 Å². The molecule has 10 heteroatoms. The molecule has 1 aliphatic heterocycles. The largest absolute Gasteiger partial charge is 0.296 e. The van der Waals surface area contributed by atoms with Crippen molar-refractivity contribution >= 4 is 21.1 Å². The Morgan fingerprint density at radius 2 is 1.93 bits per heavy atom. The molecule has 0 aliphatic carbocycles. The standard InChI is InChI=1S/C17H22N6O3S/c1-3-22-12-14(13(2)18-22)11-21-7-9-23(10-8-21)27(24,25)16-6-4-5-15-17(16)20-26-19-15/h4-6,12H,3,7-11H2,1-2H3.